The van der Waals surface area contributed by atoms with Crippen molar-refractivity contribution in [3.05, 3.63) is 11.5 Å². The van der Waals surface area contributed by atoms with Gasteiger partial charge in [-0.05, 0) is 41.0 Å². The van der Waals surface area contributed by atoms with Crippen LogP contribution >= 0.6 is 0 Å². The molecular formula is C18H28O7. The van der Waals surface area contributed by atoms with Crippen molar-refractivity contribution in [3.63, 3.8) is 0 Å². The summed E-state index contributed by atoms with van der Waals surface area (Å²) >= 11 is 0. The molecule has 2 aliphatic heterocycles. The van der Waals surface area contributed by atoms with E-state index in [-0.39, 0.29) is 18.1 Å². The molecule has 1 fully saturated rings. The summed E-state index contributed by atoms with van der Waals surface area (Å²) in [6, 6.07) is 0. The van der Waals surface area contributed by atoms with Crippen molar-refractivity contribution in [1.82, 2.24) is 0 Å². The lowest BCUT2D eigenvalue weighted by Gasteiger charge is -2.22. The van der Waals surface area contributed by atoms with Gasteiger partial charge in [0.15, 0.2) is 17.7 Å². The zero-order valence-electron chi connectivity index (χ0n) is 15.8. The molecule has 2 rings (SSSR count). The summed E-state index contributed by atoms with van der Waals surface area (Å²) in [4.78, 5) is 24.5. The molecule has 25 heavy (non-hydrogen) atoms. The SMILES string of the molecule is CCCCOC1=C(OC(=O)C(C)(C)C)C(=O)O[C@@H]1[C@@H]1COC(C)(C)O1. The van der Waals surface area contributed by atoms with Gasteiger partial charge in [0.05, 0.1) is 18.6 Å². The first-order valence-corrected chi connectivity index (χ1v) is 8.67. The second-order valence-corrected chi connectivity index (χ2v) is 7.73. The number of ether oxygens (including phenoxy) is 5. The lowest BCUT2D eigenvalue weighted by atomic mass is 9.97. The molecule has 1 saturated heterocycles. The average Bonchev–Trinajstić information content (AvgIpc) is 3.00. The summed E-state index contributed by atoms with van der Waals surface area (Å²) in [5.41, 5.74) is -0.755. The van der Waals surface area contributed by atoms with E-state index in [0.29, 0.717) is 6.61 Å². The normalized spacial score (nSPS) is 25.9. The van der Waals surface area contributed by atoms with Crippen molar-refractivity contribution in [2.45, 2.75) is 72.4 Å². The highest BCUT2D eigenvalue weighted by atomic mass is 16.8. The van der Waals surface area contributed by atoms with Crippen molar-refractivity contribution in [1.29, 1.82) is 0 Å². The van der Waals surface area contributed by atoms with Gasteiger partial charge in [-0.15, -0.1) is 0 Å². The molecule has 0 saturated carbocycles. The number of carbonyl (C=O) groups is 2. The van der Waals surface area contributed by atoms with Crippen LogP contribution in [0.5, 0.6) is 0 Å². The molecular weight excluding hydrogens is 328 g/mol. The molecule has 0 amide bonds. The van der Waals surface area contributed by atoms with Crippen LogP contribution in [0.15, 0.2) is 11.5 Å². The quantitative estimate of drug-likeness (QED) is 0.534. The molecule has 2 atom stereocenters. The van der Waals surface area contributed by atoms with E-state index in [4.69, 9.17) is 23.7 Å². The first-order valence-electron chi connectivity index (χ1n) is 8.67. The summed E-state index contributed by atoms with van der Waals surface area (Å²) in [7, 11) is 0. The van der Waals surface area contributed by atoms with Crippen LogP contribution in [0, 0.1) is 5.41 Å². The predicted octanol–water partition coefficient (Wildman–Crippen LogP) is 2.68. The molecule has 0 N–H and O–H groups in total. The molecule has 0 aliphatic carbocycles. The van der Waals surface area contributed by atoms with Crippen LogP contribution in [0.1, 0.15) is 54.4 Å². The summed E-state index contributed by atoms with van der Waals surface area (Å²) in [6.45, 7) is 11.4. The van der Waals surface area contributed by atoms with Gasteiger partial charge in [0, 0.05) is 0 Å². The molecule has 0 aromatic rings. The van der Waals surface area contributed by atoms with E-state index in [1.165, 1.54) is 0 Å². The van der Waals surface area contributed by atoms with Gasteiger partial charge >= 0.3 is 11.9 Å². The van der Waals surface area contributed by atoms with Crippen molar-refractivity contribution in [3.8, 4) is 0 Å². The Morgan fingerprint density at radius 1 is 1.32 bits per heavy atom. The molecule has 7 heteroatoms. The third-order valence-electron chi connectivity index (χ3n) is 3.83. The fourth-order valence-electron chi connectivity index (χ4n) is 2.37. The van der Waals surface area contributed by atoms with Gasteiger partial charge in [-0.2, -0.15) is 0 Å². The van der Waals surface area contributed by atoms with E-state index in [1.54, 1.807) is 34.6 Å². The maximum atomic E-state index is 12.3. The molecule has 7 nitrogen and oxygen atoms in total. The fraction of sp³-hybridized carbons (Fsp3) is 0.778. The minimum atomic E-state index is -0.783. The maximum Gasteiger partial charge on any atom is 0.378 e. The molecule has 0 unspecified atom stereocenters. The minimum Gasteiger partial charge on any atom is -0.490 e. The predicted molar refractivity (Wildman–Crippen MR) is 88.2 cm³/mol. The zero-order valence-corrected chi connectivity index (χ0v) is 15.8. The third-order valence-corrected chi connectivity index (χ3v) is 3.83. The standard InChI is InChI=1S/C18H28O7/c1-7-8-9-21-13-12(11-10-22-18(5,6)25-11)23-15(19)14(13)24-16(20)17(2,3)4/h11-12H,7-10H2,1-6H3/t11-,12+/m0/s1. The van der Waals surface area contributed by atoms with Crippen LogP contribution < -0.4 is 0 Å². The van der Waals surface area contributed by atoms with E-state index < -0.39 is 35.3 Å². The van der Waals surface area contributed by atoms with Crippen LogP contribution in [0.2, 0.25) is 0 Å². The zero-order chi connectivity index (χ0) is 18.8. The largest absolute Gasteiger partial charge is 0.490 e. The Bertz CT molecular complexity index is 556. The van der Waals surface area contributed by atoms with Gasteiger partial charge in [-0.25, -0.2) is 4.79 Å². The Hall–Kier alpha value is -1.60. The molecule has 2 heterocycles. The number of cyclic esters (lactones) is 1. The molecule has 2 aliphatic rings. The highest BCUT2D eigenvalue weighted by molar-refractivity contribution is 5.93. The van der Waals surface area contributed by atoms with E-state index in [2.05, 4.69) is 0 Å². The Labute approximate surface area is 148 Å². The lowest BCUT2D eigenvalue weighted by Crippen LogP contribution is -2.33. The number of hydrogen-bond acceptors (Lipinski definition) is 7. The van der Waals surface area contributed by atoms with Gasteiger partial charge in [0.25, 0.3) is 5.76 Å². The van der Waals surface area contributed by atoms with Crippen molar-refractivity contribution >= 4 is 11.9 Å². The number of carbonyl (C=O) groups excluding carboxylic acids is 2. The summed E-state index contributed by atoms with van der Waals surface area (Å²) in [6.07, 6.45) is 0.438. The van der Waals surface area contributed by atoms with E-state index in [1.807, 2.05) is 6.92 Å². The summed E-state index contributed by atoms with van der Waals surface area (Å²) in [5, 5.41) is 0. The van der Waals surface area contributed by atoms with Crippen molar-refractivity contribution in [2.75, 3.05) is 13.2 Å². The molecule has 0 spiro atoms. The smallest absolute Gasteiger partial charge is 0.378 e. The average molecular weight is 356 g/mol. The molecule has 0 bridgehead atoms. The second kappa shape index (κ2) is 7.33. The first kappa shape index (κ1) is 19.7. The number of rotatable bonds is 6. The van der Waals surface area contributed by atoms with Crippen LogP contribution in [-0.2, 0) is 33.3 Å². The van der Waals surface area contributed by atoms with Crippen molar-refractivity contribution in [2.24, 2.45) is 5.41 Å². The van der Waals surface area contributed by atoms with Gasteiger partial charge in [0.2, 0.25) is 0 Å². The van der Waals surface area contributed by atoms with E-state index in [0.717, 1.165) is 12.8 Å². The van der Waals surface area contributed by atoms with Crippen LogP contribution in [-0.4, -0.2) is 43.1 Å². The molecule has 0 aromatic carbocycles. The van der Waals surface area contributed by atoms with Crippen LogP contribution in [0.4, 0.5) is 0 Å². The number of unbranched alkanes of at least 4 members (excludes halogenated alkanes) is 1. The Morgan fingerprint density at radius 3 is 2.52 bits per heavy atom. The van der Waals surface area contributed by atoms with Crippen LogP contribution in [0.25, 0.3) is 0 Å². The molecule has 0 aromatic heterocycles. The van der Waals surface area contributed by atoms with Gasteiger partial charge in [0.1, 0.15) is 6.10 Å². The van der Waals surface area contributed by atoms with Crippen molar-refractivity contribution < 1.29 is 33.3 Å². The van der Waals surface area contributed by atoms with E-state index in [9.17, 15) is 9.59 Å². The van der Waals surface area contributed by atoms with Gasteiger partial charge in [-0.1, -0.05) is 13.3 Å². The first-order chi connectivity index (χ1) is 11.5. The molecule has 142 valence electrons. The monoisotopic (exact) mass is 356 g/mol. The Morgan fingerprint density at radius 2 is 2.00 bits per heavy atom. The van der Waals surface area contributed by atoms with Crippen LogP contribution in [0.3, 0.4) is 0 Å². The minimum absolute atomic E-state index is 0.186. The summed E-state index contributed by atoms with van der Waals surface area (Å²) in [5.74, 6) is -1.99. The van der Waals surface area contributed by atoms with E-state index >= 15 is 0 Å². The highest BCUT2D eigenvalue weighted by Crippen LogP contribution is 2.35. The number of esters is 2. The van der Waals surface area contributed by atoms with Gasteiger partial charge < -0.3 is 23.7 Å². The second-order valence-electron chi connectivity index (χ2n) is 7.73. The summed E-state index contributed by atoms with van der Waals surface area (Å²) < 4.78 is 27.8. The highest BCUT2D eigenvalue weighted by Gasteiger charge is 2.49. The number of hydrogen-bond donors (Lipinski definition) is 0. The fourth-order valence-corrected chi connectivity index (χ4v) is 2.37. The third kappa shape index (κ3) is 4.73. The Balaban J connectivity index is 2.24. The Kier molecular flexibility index (Phi) is 5.79. The molecule has 0 radical (unpaired) electrons. The lowest BCUT2D eigenvalue weighted by molar-refractivity contribution is -0.165. The topological polar surface area (TPSA) is 80.3 Å². The maximum absolute atomic E-state index is 12.3. The van der Waals surface area contributed by atoms with Gasteiger partial charge in [-0.3, -0.25) is 4.79 Å².